The monoisotopic (exact) mass is 253 g/mol. The van der Waals surface area contributed by atoms with Crippen molar-refractivity contribution in [1.82, 2.24) is 14.7 Å². The van der Waals surface area contributed by atoms with Crippen LogP contribution in [0, 0.1) is 5.92 Å². The van der Waals surface area contributed by atoms with Gasteiger partial charge in [0.15, 0.2) is 0 Å². The predicted octanol–water partition coefficient (Wildman–Crippen LogP) is 1.74. The van der Waals surface area contributed by atoms with Crippen LogP contribution >= 0.6 is 0 Å². The largest absolute Gasteiger partial charge is 0.301 e. The van der Waals surface area contributed by atoms with Gasteiger partial charge < -0.3 is 4.90 Å². The van der Waals surface area contributed by atoms with Crippen molar-refractivity contribution < 1.29 is 0 Å². The van der Waals surface area contributed by atoms with Gasteiger partial charge in [-0.1, -0.05) is 6.92 Å². The summed E-state index contributed by atoms with van der Waals surface area (Å²) in [5.41, 5.74) is 0. The minimum atomic E-state index is 0.718. The van der Waals surface area contributed by atoms with Crippen molar-refractivity contribution >= 4 is 0 Å². The van der Waals surface area contributed by atoms with E-state index in [4.69, 9.17) is 0 Å². The van der Waals surface area contributed by atoms with E-state index in [-0.39, 0.29) is 0 Å². The van der Waals surface area contributed by atoms with Crippen LogP contribution in [-0.4, -0.2) is 72.6 Å². The summed E-state index contributed by atoms with van der Waals surface area (Å²) in [7, 11) is 0. The number of hydrogen-bond acceptors (Lipinski definition) is 3. The van der Waals surface area contributed by atoms with Gasteiger partial charge in [-0.3, -0.25) is 9.80 Å². The molecule has 2 heterocycles. The molecular weight excluding hydrogens is 222 g/mol. The van der Waals surface area contributed by atoms with Crippen LogP contribution in [0.1, 0.15) is 34.1 Å². The highest BCUT2D eigenvalue weighted by molar-refractivity contribution is 4.85. The van der Waals surface area contributed by atoms with E-state index in [0.717, 1.165) is 18.0 Å². The first kappa shape index (κ1) is 14.3. The Balaban J connectivity index is 1.56. The molecule has 0 spiro atoms. The lowest BCUT2D eigenvalue weighted by molar-refractivity contribution is 0.0320. The second kappa shape index (κ2) is 6.36. The summed E-state index contributed by atoms with van der Waals surface area (Å²) in [6.45, 7) is 18.3. The highest BCUT2D eigenvalue weighted by Crippen LogP contribution is 2.23. The smallest absolute Gasteiger partial charge is 0.0113 e. The van der Waals surface area contributed by atoms with Gasteiger partial charge in [0.1, 0.15) is 0 Å². The van der Waals surface area contributed by atoms with E-state index in [2.05, 4.69) is 42.4 Å². The minimum absolute atomic E-state index is 0.718. The SMILES string of the molecule is CC(C)N1CCN(CCCN2C[C@H](C)[C@H]2C)CC1. The summed E-state index contributed by atoms with van der Waals surface area (Å²) in [5, 5.41) is 0. The minimum Gasteiger partial charge on any atom is -0.301 e. The van der Waals surface area contributed by atoms with Gasteiger partial charge in [0, 0.05) is 44.8 Å². The van der Waals surface area contributed by atoms with Crippen LogP contribution in [0.5, 0.6) is 0 Å². The summed E-state index contributed by atoms with van der Waals surface area (Å²) < 4.78 is 0. The fourth-order valence-electron chi connectivity index (χ4n) is 3.21. The van der Waals surface area contributed by atoms with Crippen molar-refractivity contribution in [3.63, 3.8) is 0 Å². The molecule has 0 unspecified atom stereocenters. The molecule has 0 aromatic heterocycles. The lowest BCUT2D eigenvalue weighted by atomic mass is 9.92. The molecule has 0 bridgehead atoms. The zero-order chi connectivity index (χ0) is 13.1. The third-order valence-electron chi connectivity index (χ3n) is 4.98. The first-order valence-electron chi connectivity index (χ1n) is 7.78. The maximum Gasteiger partial charge on any atom is 0.0113 e. The molecule has 2 atom stereocenters. The number of nitrogens with zero attached hydrogens (tertiary/aromatic N) is 3. The molecule has 3 nitrogen and oxygen atoms in total. The van der Waals surface area contributed by atoms with E-state index in [0.29, 0.717) is 0 Å². The van der Waals surface area contributed by atoms with Gasteiger partial charge >= 0.3 is 0 Å². The van der Waals surface area contributed by atoms with E-state index in [9.17, 15) is 0 Å². The van der Waals surface area contributed by atoms with Gasteiger partial charge in [-0.2, -0.15) is 0 Å². The molecule has 2 aliphatic heterocycles. The van der Waals surface area contributed by atoms with Crippen molar-refractivity contribution in [1.29, 1.82) is 0 Å². The molecule has 0 amide bonds. The standard InChI is InChI=1S/C15H31N3/c1-13(2)17-10-8-16(9-11-17)6-5-7-18-12-14(3)15(18)4/h13-15H,5-12H2,1-4H3/t14-,15+/m0/s1. The quantitative estimate of drug-likeness (QED) is 0.739. The van der Waals surface area contributed by atoms with Crippen LogP contribution in [0.15, 0.2) is 0 Å². The van der Waals surface area contributed by atoms with Gasteiger partial charge in [0.05, 0.1) is 0 Å². The average molecular weight is 253 g/mol. The van der Waals surface area contributed by atoms with Gasteiger partial charge in [-0.25, -0.2) is 0 Å². The average Bonchev–Trinajstić information content (AvgIpc) is 2.38. The highest BCUT2D eigenvalue weighted by Gasteiger charge is 2.30. The number of likely N-dealkylation sites (tertiary alicyclic amines) is 1. The molecule has 0 aromatic rings. The third-order valence-corrected chi connectivity index (χ3v) is 4.98. The van der Waals surface area contributed by atoms with E-state index >= 15 is 0 Å². The lowest BCUT2D eigenvalue weighted by Gasteiger charge is -2.45. The molecule has 2 aliphatic rings. The number of hydrogen-bond donors (Lipinski definition) is 0. The topological polar surface area (TPSA) is 9.72 Å². The zero-order valence-electron chi connectivity index (χ0n) is 12.7. The molecule has 0 aromatic carbocycles. The second-order valence-corrected chi connectivity index (χ2v) is 6.54. The van der Waals surface area contributed by atoms with Crippen LogP contribution in [-0.2, 0) is 0 Å². The van der Waals surface area contributed by atoms with Crippen molar-refractivity contribution in [3.05, 3.63) is 0 Å². The Hall–Kier alpha value is -0.120. The zero-order valence-corrected chi connectivity index (χ0v) is 12.7. The Labute approximate surface area is 113 Å². The van der Waals surface area contributed by atoms with Crippen molar-refractivity contribution in [2.24, 2.45) is 5.92 Å². The van der Waals surface area contributed by atoms with Crippen molar-refractivity contribution in [3.8, 4) is 0 Å². The fraction of sp³-hybridized carbons (Fsp3) is 1.00. The van der Waals surface area contributed by atoms with E-state index in [1.54, 1.807) is 0 Å². The van der Waals surface area contributed by atoms with Gasteiger partial charge in [-0.05, 0) is 46.2 Å². The Morgan fingerprint density at radius 2 is 1.67 bits per heavy atom. The highest BCUT2D eigenvalue weighted by atomic mass is 15.3. The molecule has 3 heteroatoms. The normalized spacial score (nSPS) is 31.8. The fourth-order valence-corrected chi connectivity index (χ4v) is 3.21. The summed E-state index contributed by atoms with van der Waals surface area (Å²) in [6.07, 6.45) is 1.35. The molecule has 0 saturated carbocycles. The molecule has 2 rings (SSSR count). The summed E-state index contributed by atoms with van der Waals surface area (Å²) >= 11 is 0. The molecule has 0 aliphatic carbocycles. The number of piperazine rings is 1. The van der Waals surface area contributed by atoms with Crippen LogP contribution in [0.4, 0.5) is 0 Å². The van der Waals surface area contributed by atoms with Gasteiger partial charge in [-0.15, -0.1) is 0 Å². The molecule has 106 valence electrons. The molecule has 0 N–H and O–H groups in total. The summed E-state index contributed by atoms with van der Waals surface area (Å²) in [5.74, 6) is 0.916. The van der Waals surface area contributed by atoms with Gasteiger partial charge in [0.25, 0.3) is 0 Å². The van der Waals surface area contributed by atoms with Crippen LogP contribution in [0.2, 0.25) is 0 Å². The molecular formula is C15H31N3. The Morgan fingerprint density at radius 1 is 1.00 bits per heavy atom. The summed E-state index contributed by atoms with van der Waals surface area (Å²) in [4.78, 5) is 7.87. The predicted molar refractivity (Wildman–Crippen MR) is 78.0 cm³/mol. The van der Waals surface area contributed by atoms with Crippen LogP contribution < -0.4 is 0 Å². The lowest BCUT2D eigenvalue weighted by Crippen LogP contribution is -2.54. The van der Waals surface area contributed by atoms with Crippen LogP contribution in [0.25, 0.3) is 0 Å². The maximum atomic E-state index is 2.65. The van der Waals surface area contributed by atoms with Gasteiger partial charge in [0.2, 0.25) is 0 Å². The van der Waals surface area contributed by atoms with Crippen molar-refractivity contribution in [2.75, 3.05) is 45.8 Å². The second-order valence-electron chi connectivity index (χ2n) is 6.54. The molecule has 2 fully saturated rings. The third kappa shape index (κ3) is 3.46. The first-order chi connectivity index (χ1) is 8.58. The molecule has 0 radical (unpaired) electrons. The van der Waals surface area contributed by atoms with E-state index in [1.165, 1.54) is 52.2 Å². The maximum absolute atomic E-state index is 2.65. The Bertz CT molecular complexity index is 246. The van der Waals surface area contributed by atoms with Crippen LogP contribution in [0.3, 0.4) is 0 Å². The molecule has 2 saturated heterocycles. The Morgan fingerprint density at radius 3 is 2.17 bits per heavy atom. The first-order valence-corrected chi connectivity index (χ1v) is 7.78. The molecule has 18 heavy (non-hydrogen) atoms. The Kier molecular flexibility index (Phi) is 5.05. The van der Waals surface area contributed by atoms with E-state index < -0.39 is 0 Å². The van der Waals surface area contributed by atoms with E-state index in [1.807, 2.05) is 0 Å². The number of rotatable bonds is 5. The summed E-state index contributed by atoms with van der Waals surface area (Å²) in [6, 6.07) is 1.54. The van der Waals surface area contributed by atoms with Crippen molar-refractivity contribution in [2.45, 2.75) is 46.2 Å².